The van der Waals surface area contributed by atoms with E-state index in [1.54, 1.807) is 25.3 Å². The second-order valence-corrected chi connectivity index (χ2v) is 12.3. The van der Waals surface area contributed by atoms with Crippen molar-refractivity contribution in [2.45, 2.75) is 46.4 Å². The summed E-state index contributed by atoms with van der Waals surface area (Å²) in [6.45, 7) is 10.2. The Kier molecular flexibility index (Phi) is 8.73. The number of fused-ring (bicyclic) bond motifs is 2. The molecule has 1 fully saturated rings. The number of morpholine rings is 1. The van der Waals surface area contributed by atoms with Gasteiger partial charge in [-0.1, -0.05) is 41.7 Å². The summed E-state index contributed by atoms with van der Waals surface area (Å²) in [5.74, 6) is 0.216. The molecule has 11 heteroatoms. The molecule has 0 N–H and O–H groups in total. The Hall–Kier alpha value is -4.48. The van der Waals surface area contributed by atoms with Crippen molar-refractivity contribution in [2.75, 3.05) is 32.9 Å². The predicted molar refractivity (Wildman–Crippen MR) is 172 cm³/mol. The predicted octanol–water partition coefficient (Wildman–Crippen LogP) is 3.40. The lowest BCUT2D eigenvalue weighted by Crippen LogP contribution is -2.42. The summed E-state index contributed by atoms with van der Waals surface area (Å²) < 4.78 is 20.6. The highest BCUT2D eigenvalue weighted by atomic mass is 32.1. The number of ether oxygens (including phenoxy) is 3. The Morgan fingerprint density at radius 2 is 1.84 bits per heavy atom. The second-order valence-electron chi connectivity index (χ2n) is 11.3. The molecule has 1 amide bonds. The van der Waals surface area contributed by atoms with Crippen molar-refractivity contribution in [3.05, 3.63) is 96.8 Å². The number of amides is 1. The highest BCUT2D eigenvalue weighted by Crippen LogP contribution is 2.32. The zero-order valence-corrected chi connectivity index (χ0v) is 26.6. The fourth-order valence-corrected chi connectivity index (χ4v) is 6.85. The number of thiazole rings is 1. The smallest absolute Gasteiger partial charge is 0.338 e. The molecule has 4 aromatic rings. The second kappa shape index (κ2) is 12.9. The molecule has 2 aliphatic rings. The van der Waals surface area contributed by atoms with Crippen molar-refractivity contribution in [3.8, 4) is 5.75 Å². The maximum absolute atomic E-state index is 14.2. The summed E-state index contributed by atoms with van der Waals surface area (Å²) in [5.41, 5.74) is 3.03. The van der Waals surface area contributed by atoms with Crippen LogP contribution in [0.3, 0.4) is 0 Å². The van der Waals surface area contributed by atoms with Gasteiger partial charge in [0.2, 0.25) is 5.91 Å². The summed E-state index contributed by atoms with van der Waals surface area (Å²) in [6.07, 6.45) is 3.43. The third kappa shape index (κ3) is 6.10. The molecule has 1 saturated heterocycles. The zero-order chi connectivity index (χ0) is 31.7. The standard InChI is InChI=1S/C34H36N4O6S/c1-5-43-25-12-10-23(11-13-25)31-30(33(41)44-21(2)3)22(4)35-34-38(31)32(40)28(45-34)18-24-19-37(27-9-7-6-8-26(24)27)20-29(39)36-14-16-42-17-15-36/h6-13,18-19,21,31H,5,14-17,20H2,1-4H3/b28-18-/t31-/m1/s1. The Bertz CT molecular complexity index is 1960. The highest BCUT2D eigenvalue weighted by molar-refractivity contribution is 7.07. The van der Waals surface area contributed by atoms with E-state index in [2.05, 4.69) is 0 Å². The number of nitrogens with zero attached hydrogens (tertiary/aromatic N) is 4. The first-order chi connectivity index (χ1) is 21.7. The van der Waals surface area contributed by atoms with Crippen LogP contribution in [0.4, 0.5) is 0 Å². The molecule has 0 unspecified atom stereocenters. The van der Waals surface area contributed by atoms with Crippen LogP contribution in [0.15, 0.2) is 75.8 Å². The molecular weight excluding hydrogens is 592 g/mol. The number of carbonyl (C=O) groups is 2. The third-order valence-corrected chi connectivity index (χ3v) is 8.85. The molecular formula is C34H36N4O6S. The lowest BCUT2D eigenvalue weighted by molar-refractivity contribution is -0.143. The summed E-state index contributed by atoms with van der Waals surface area (Å²) in [6, 6.07) is 14.5. The normalized spacial score (nSPS) is 17.0. The van der Waals surface area contributed by atoms with Gasteiger partial charge in [0.15, 0.2) is 4.80 Å². The van der Waals surface area contributed by atoms with Crippen LogP contribution in [0.25, 0.3) is 17.0 Å². The van der Waals surface area contributed by atoms with Gasteiger partial charge in [0, 0.05) is 35.8 Å². The van der Waals surface area contributed by atoms with Gasteiger partial charge in [0.1, 0.15) is 12.3 Å². The number of rotatable bonds is 8. The van der Waals surface area contributed by atoms with Gasteiger partial charge in [-0.2, -0.15) is 0 Å². The minimum Gasteiger partial charge on any atom is -0.494 e. The van der Waals surface area contributed by atoms with Gasteiger partial charge in [-0.25, -0.2) is 9.79 Å². The molecule has 234 valence electrons. The summed E-state index contributed by atoms with van der Waals surface area (Å²) >= 11 is 1.27. The van der Waals surface area contributed by atoms with Crippen LogP contribution in [0, 0.1) is 0 Å². The topological polar surface area (TPSA) is 104 Å². The van der Waals surface area contributed by atoms with Crippen molar-refractivity contribution in [1.29, 1.82) is 0 Å². The van der Waals surface area contributed by atoms with Crippen molar-refractivity contribution < 1.29 is 23.8 Å². The van der Waals surface area contributed by atoms with Crippen LogP contribution in [0.2, 0.25) is 0 Å². The van der Waals surface area contributed by atoms with Crippen LogP contribution in [0.1, 0.15) is 44.9 Å². The Morgan fingerprint density at radius 1 is 1.11 bits per heavy atom. The summed E-state index contributed by atoms with van der Waals surface area (Å²) in [7, 11) is 0. The maximum Gasteiger partial charge on any atom is 0.338 e. The van der Waals surface area contributed by atoms with Crippen LogP contribution >= 0.6 is 11.3 Å². The van der Waals surface area contributed by atoms with E-state index >= 15 is 0 Å². The van der Waals surface area contributed by atoms with E-state index < -0.39 is 12.0 Å². The number of hydrogen-bond acceptors (Lipinski definition) is 8. The third-order valence-electron chi connectivity index (χ3n) is 7.87. The molecule has 0 aliphatic carbocycles. The number of hydrogen-bond donors (Lipinski definition) is 0. The first-order valence-corrected chi connectivity index (χ1v) is 16.0. The van der Waals surface area contributed by atoms with E-state index in [9.17, 15) is 14.4 Å². The van der Waals surface area contributed by atoms with E-state index in [1.165, 1.54) is 11.3 Å². The van der Waals surface area contributed by atoms with Crippen molar-refractivity contribution in [2.24, 2.45) is 4.99 Å². The highest BCUT2D eigenvalue weighted by Gasteiger charge is 2.34. The molecule has 0 radical (unpaired) electrons. The molecule has 45 heavy (non-hydrogen) atoms. The summed E-state index contributed by atoms with van der Waals surface area (Å²) in [4.78, 5) is 47.7. The molecule has 0 saturated carbocycles. The van der Waals surface area contributed by atoms with E-state index in [4.69, 9.17) is 19.2 Å². The average Bonchev–Trinajstić information content (AvgIpc) is 3.53. The zero-order valence-electron chi connectivity index (χ0n) is 25.8. The van der Waals surface area contributed by atoms with Gasteiger partial charge in [0.25, 0.3) is 5.56 Å². The van der Waals surface area contributed by atoms with Crippen molar-refractivity contribution in [3.63, 3.8) is 0 Å². The van der Waals surface area contributed by atoms with Crippen LogP contribution in [-0.2, 0) is 25.6 Å². The van der Waals surface area contributed by atoms with Crippen LogP contribution in [0.5, 0.6) is 5.75 Å². The Labute approximate surface area is 264 Å². The molecule has 2 aromatic heterocycles. The SMILES string of the molecule is CCOc1ccc([C@@H]2C(C(=O)OC(C)C)=C(C)N=c3s/c(=C\c4cn(CC(=O)N5CCOCC5)c5ccccc45)c(=O)n32)cc1. The molecule has 6 rings (SSSR count). The number of carbonyl (C=O) groups excluding carboxylic acids is 2. The molecule has 2 aromatic carbocycles. The fourth-order valence-electron chi connectivity index (χ4n) is 5.81. The molecule has 0 bridgehead atoms. The van der Waals surface area contributed by atoms with Crippen LogP contribution < -0.4 is 19.6 Å². The average molecular weight is 629 g/mol. The van der Waals surface area contributed by atoms with Gasteiger partial charge >= 0.3 is 5.97 Å². The maximum atomic E-state index is 14.2. The van der Waals surface area contributed by atoms with Gasteiger partial charge in [-0.3, -0.25) is 14.2 Å². The molecule has 10 nitrogen and oxygen atoms in total. The largest absolute Gasteiger partial charge is 0.494 e. The lowest BCUT2D eigenvalue weighted by Gasteiger charge is -2.27. The Balaban J connectivity index is 1.45. The number of benzene rings is 2. The first-order valence-electron chi connectivity index (χ1n) is 15.1. The number of allylic oxidation sites excluding steroid dienone is 1. The van der Waals surface area contributed by atoms with E-state index in [0.717, 1.165) is 22.0 Å². The quantitative estimate of drug-likeness (QED) is 0.277. The lowest BCUT2D eigenvalue weighted by atomic mass is 9.96. The minimum atomic E-state index is -0.724. The van der Waals surface area contributed by atoms with Gasteiger partial charge < -0.3 is 23.7 Å². The molecule has 1 atom stereocenters. The van der Waals surface area contributed by atoms with E-state index in [0.29, 0.717) is 59.3 Å². The van der Waals surface area contributed by atoms with Crippen molar-refractivity contribution in [1.82, 2.24) is 14.0 Å². The van der Waals surface area contributed by atoms with E-state index in [-0.39, 0.29) is 24.1 Å². The first kappa shape index (κ1) is 30.5. The molecule has 4 heterocycles. The van der Waals surface area contributed by atoms with Gasteiger partial charge in [-0.05, 0) is 57.5 Å². The number of para-hydroxylation sites is 1. The summed E-state index contributed by atoms with van der Waals surface area (Å²) in [5, 5.41) is 0.929. The molecule has 0 spiro atoms. The van der Waals surface area contributed by atoms with Gasteiger partial charge in [0.05, 0.1) is 47.8 Å². The number of esters is 1. The number of aromatic nitrogens is 2. The molecule has 2 aliphatic heterocycles. The minimum absolute atomic E-state index is 0.0246. The fraction of sp³-hybridized carbons (Fsp3) is 0.353. The Morgan fingerprint density at radius 3 is 2.56 bits per heavy atom. The van der Waals surface area contributed by atoms with Crippen LogP contribution in [-0.4, -0.2) is 64.9 Å². The monoisotopic (exact) mass is 628 g/mol. The van der Waals surface area contributed by atoms with E-state index in [1.807, 2.05) is 77.2 Å². The van der Waals surface area contributed by atoms with Gasteiger partial charge in [-0.15, -0.1) is 0 Å². The van der Waals surface area contributed by atoms with Crippen molar-refractivity contribution >= 4 is 40.2 Å².